The van der Waals surface area contributed by atoms with Crippen molar-refractivity contribution in [3.8, 4) is 0 Å². The summed E-state index contributed by atoms with van der Waals surface area (Å²) in [7, 11) is 0. The van der Waals surface area contributed by atoms with Crippen molar-refractivity contribution < 1.29 is 0 Å². The van der Waals surface area contributed by atoms with Crippen LogP contribution in [0.3, 0.4) is 0 Å². The van der Waals surface area contributed by atoms with Gasteiger partial charge >= 0.3 is 0 Å². The van der Waals surface area contributed by atoms with Crippen LogP contribution in [0, 0.1) is 0 Å². The Kier molecular flexibility index (Phi) is 2.99. The molecule has 1 fully saturated rings. The number of aromatic nitrogens is 1. The molecule has 0 aromatic carbocycles. The lowest BCUT2D eigenvalue weighted by molar-refractivity contribution is 0.584. The van der Waals surface area contributed by atoms with Crippen molar-refractivity contribution in [2.24, 2.45) is 0 Å². The van der Waals surface area contributed by atoms with Crippen LogP contribution in [0.5, 0.6) is 0 Å². The van der Waals surface area contributed by atoms with Crippen LogP contribution in [0.1, 0.15) is 13.3 Å². The van der Waals surface area contributed by atoms with Gasteiger partial charge in [0.15, 0.2) is 0 Å². The summed E-state index contributed by atoms with van der Waals surface area (Å²) in [6, 6.07) is 6.64. The van der Waals surface area contributed by atoms with Gasteiger partial charge in [-0.15, -0.1) is 0 Å². The van der Waals surface area contributed by atoms with Crippen LogP contribution in [-0.4, -0.2) is 30.7 Å². The zero-order valence-corrected chi connectivity index (χ0v) is 8.61. The second-order valence-corrected chi connectivity index (χ2v) is 3.84. The summed E-state index contributed by atoms with van der Waals surface area (Å²) in [6.07, 6.45) is 3.05. The maximum absolute atomic E-state index is 4.38. The van der Waals surface area contributed by atoms with Crippen molar-refractivity contribution in [3.05, 3.63) is 24.4 Å². The standard InChI is InChI=1S/C11H17N3/c1-10-9-14(8-4-7-12-10)11-5-2-3-6-13-11/h2-3,5-6,10,12H,4,7-9H2,1H3. The highest BCUT2D eigenvalue weighted by atomic mass is 15.2. The van der Waals surface area contributed by atoms with Gasteiger partial charge in [-0.3, -0.25) is 0 Å². The molecule has 2 heterocycles. The molecule has 0 bridgehead atoms. The third-order valence-corrected chi connectivity index (χ3v) is 2.57. The molecule has 1 aromatic heterocycles. The number of anilines is 1. The summed E-state index contributed by atoms with van der Waals surface area (Å²) in [6.45, 7) is 5.50. The van der Waals surface area contributed by atoms with Gasteiger partial charge in [0.2, 0.25) is 0 Å². The molecule has 3 heteroatoms. The molecule has 1 N–H and O–H groups in total. The van der Waals surface area contributed by atoms with Crippen LogP contribution in [0.2, 0.25) is 0 Å². The number of pyridine rings is 1. The fraction of sp³-hybridized carbons (Fsp3) is 0.545. The van der Waals surface area contributed by atoms with E-state index < -0.39 is 0 Å². The number of nitrogens with zero attached hydrogens (tertiary/aromatic N) is 2. The molecule has 0 saturated carbocycles. The smallest absolute Gasteiger partial charge is 0.128 e. The highest BCUT2D eigenvalue weighted by Crippen LogP contribution is 2.11. The van der Waals surface area contributed by atoms with Crippen LogP contribution < -0.4 is 10.2 Å². The fourth-order valence-corrected chi connectivity index (χ4v) is 1.85. The number of rotatable bonds is 1. The molecule has 14 heavy (non-hydrogen) atoms. The van der Waals surface area contributed by atoms with Crippen molar-refractivity contribution in [2.75, 3.05) is 24.5 Å². The van der Waals surface area contributed by atoms with Gasteiger partial charge in [-0.25, -0.2) is 4.98 Å². The number of hydrogen-bond acceptors (Lipinski definition) is 3. The third kappa shape index (κ3) is 2.23. The molecule has 1 atom stereocenters. The molecule has 0 amide bonds. The molecule has 1 saturated heterocycles. The van der Waals surface area contributed by atoms with E-state index in [0.717, 1.165) is 25.5 Å². The van der Waals surface area contributed by atoms with Gasteiger partial charge in [0.05, 0.1) is 0 Å². The Balaban J connectivity index is 2.09. The van der Waals surface area contributed by atoms with Crippen molar-refractivity contribution in [1.82, 2.24) is 10.3 Å². The molecular weight excluding hydrogens is 174 g/mol. The van der Waals surface area contributed by atoms with E-state index in [-0.39, 0.29) is 0 Å². The van der Waals surface area contributed by atoms with E-state index in [1.165, 1.54) is 6.42 Å². The summed E-state index contributed by atoms with van der Waals surface area (Å²) in [5, 5.41) is 3.47. The average Bonchev–Trinajstić information content (AvgIpc) is 2.44. The maximum Gasteiger partial charge on any atom is 0.128 e. The second-order valence-electron chi connectivity index (χ2n) is 3.84. The van der Waals surface area contributed by atoms with Gasteiger partial charge in [-0.2, -0.15) is 0 Å². The zero-order chi connectivity index (χ0) is 9.80. The molecular formula is C11H17N3. The van der Waals surface area contributed by atoms with Gasteiger partial charge in [0.25, 0.3) is 0 Å². The zero-order valence-electron chi connectivity index (χ0n) is 8.61. The summed E-state index contributed by atoms with van der Waals surface area (Å²) in [5.74, 6) is 1.10. The lowest BCUT2D eigenvalue weighted by Gasteiger charge is -2.23. The van der Waals surface area contributed by atoms with E-state index in [1.54, 1.807) is 0 Å². The maximum atomic E-state index is 4.38. The monoisotopic (exact) mass is 191 g/mol. The Morgan fingerprint density at radius 3 is 3.21 bits per heavy atom. The van der Waals surface area contributed by atoms with Crippen LogP contribution in [0.4, 0.5) is 5.82 Å². The largest absolute Gasteiger partial charge is 0.355 e. The van der Waals surface area contributed by atoms with Crippen LogP contribution in [-0.2, 0) is 0 Å². The third-order valence-electron chi connectivity index (χ3n) is 2.57. The molecule has 1 aliphatic heterocycles. The Labute approximate surface area is 85.1 Å². The lowest BCUT2D eigenvalue weighted by atomic mass is 10.3. The minimum Gasteiger partial charge on any atom is -0.355 e. The van der Waals surface area contributed by atoms with E-state index in [4.69, 9.17) is 0 Å². The first-order chi connectivity index (χ1) is 6.86. The van der Waals surface area contributed by atoms with Crippen molar-refractivity contribution in [2.45, 2.75) is 19.4 Å². The number of nitrogens with one attached hydrogen (secondary N) is 1. The van der Waals surface area contributed by atoms with Crippen LogP contribution >= 0.6 is 0 Å². The number of hydrogen-bond donors (Lipinski definition) is 1. The van der Waals surface area contributed by atoms with E-state index in [1.807, 2.05) is 18.3 Å². The topological polar surface area (TPSA) is 28.2 Å². The Hall–Kier alpha value is -1.09. The Bertz CT molecular complexity index is 273. The average molecular weight is 191 g/mol. The molecule has 0 aliphatic carbocycles. The first-order valence-electron chi connectivity index (χ1n) is 5.25. The molecule has 0 spiro atoms. The SMILES string of the molecule is CC1CN(c2ccccn2)CCCN1. The molecule has 1 unspecified atom stereocenters. The predicted molar refractivity (Wildman–Crippen MR) is 58.5 cm³/mol. The summed E-state index contributed by atoms with van der Waals surface area (Å²) < 4.78 is 0. The van der Waals surface area contributed by atoms with Gasteiger partial charge in [-0.05, 0) is 32.0 Å². The van der Waals surface area contributed by atoms with Crippen LogP contribution in [0.15, 0.2) is 24.4 Å². The van der Waals surface area contributed by atoms with Gasteiger partial charge < -0.3 is 10.2 Å². The first kappa shape index (κ1) is 9.46. The second kappa shape index (κ2) is 4.42. The molecule has 1 aliphatic rings. The minimum absolute atomic E-state index is 0.555. The quantitative estimate of drug-likeness (QED) is 0.724. The summed E-state index contributed by atoms with van der Waals surface area (Å²) in [4.78, 5) is 6.73. The van der Waals surface area contributed by atoms with E-state index >= 15 is 0 Å². The van der Waals surface area contributed by atoms with Gasteiger partial charge in [0, 0.05) is 25.3 Å². The lowest BCUT2D eigenvalue weighted by Crippen LogP contribution is -2.35. The Morgan fingerprint density at radius 2 is 2.43 bits per heavy atom. The predicted octanol–water partition coefficient (Wildman–Crippen LogP) is 1.27. The van der Waals surface area contributed by atoms with Crippen molar-refractivity contribution in [1.29, 1.82) is 0 Å². The molecule has 76 valence electrons. The van der Waals surface area contributed by atoms with Gasteiger partial charge in [0.1, 0.15) is 5.82 Å². The molecule has 2 rings (SSSR count). The molecule has 1 aromatic rings. The first-order valence-corrected chi connectivity index (χ1v) is 5.25. The van der Waals surface area contributed by atoms with E-state index in [2.05, 4.69) is 28.2 Å². The minimum atomic E-state index is 0.555. The van der Waals surface area contributed by atoms with E-state index in [9.17, 15) is 0 Å². The Morgan fingerprint density at radius 1 is 1.50 bits per heavy atom. The summed E-state index contributed by atoms with van der Waals surface area (Å²) >= 11 is 0. The molecule has 0 radical (unpaired) electrons. The highest BCUT2D eigenvalue weighted by Gasteiger charge is 2.14. The highest BCUT2D eigenvalue weighted by molar-refractivity contribution is 5.38. The van der Waals surface area contributed by atoms with E-state index in [0.29, 0.717) is 6.04 Å². The van der Waals surface area contributed by atoms with Crippen molar-refractivity contribution in [3.63, 3.8) is 0 Å². The van der Waals surface area contributed by atoms with Gasteiger partial charge in [-0.1, -0.05) is 6.07 Å². The normalized spacial score (nSPS) is 23.2. The molecule has 3 nitrogen and oxygen atoms in total. The van der Waals surface area contributed by atoms with Crippen LogP contribution in [0.25, 0.3) is 0 Å². The summed E-state index contributed by atoms with van der Waals surface area (Å²) in [5.41, 5.74) is 0. The fourth-order valence-electron chi connectivity index (χ4n) is 1.85. The van der Waals surface area contributed by atoms with Crippen molar-refractivity contribution >= 4 is 5.82 Å².